The number of rotatable bonds is 8. The highest BCUT2D eigenvalue weighted by molar-refractivity contribution is 7.16. The van der Waals surface area contributed by atoms with Gasteiger partial charge in [-0.15, -0.1) is 0 Å². The minimum Gasteiger partial charge on any atom is -0.464 e. The van der Waals surface area contributed by atoms with E-state index in [0.717, 1.165) is 4.57 Å². The van der Waals surface area contributed by atoms with E-state index in [2.05, 4.69) is 0 Å². The Bertz CT molecular complexity index is 866. The smallest absolute Gasteiger partial charge is 0.341 e. The SMILES string of the molecule is CCCOC(=O)C(C(=O)OCCC)n1c(=O)sc2cc([N+](=O)[O-])ccc21. The first kappa shape index (κ1) is 19.6. The lowest BCUT2D eigenvalue weighted by Crippen LogP contribution is -2.35. The molecule has 0 saturated heterocycles. The Kier molecular flexibility index (Phi) is 6.45. The van der Waals surface area contributed by atoms with E-state index in [1.165, 1.54) is 18.2 Å². The number of carbonyl (C=O) groups excluding carboxylic acids is 2. The number of fused-ring (bicyclic) bond motifs is 1. The van der Waals surface area contributed by atoms with Gasteiger partial charge in [-0.2, -0.15) is 0 Å². The van der Waals surface area contributed by atoms with Gasteiger partial charge in [-0.3, -0.25) is 19.5 Å². The fraction of sp³-hybridized carbons (Fsp3) is 0.438. The molecule has 0 atom stereocenters. The van der Waals surface area contributed by atoms with Gasteiger partial charge in [0.05, 0.1) is 28.4 Å². The molecular weight excluding hydrogens is 364 g/mol. The van der Waals surface area contributed by atoms with Crippen molar-refractivity contribution in [2.24, 2.45) is 0 Å². The molecule has 26 heavy (non-hydrogen) atoms. The van der Waals surface area contributed by atoms with E-state index < -0.39 is 27.8 Å². The molecule has 0 unspecified atom stereocenters. The van der Waals surface area contributed by atoms with Gasteiger partial charge in [0, 0.05) is 12.1 Å². The molecule has 0 fully saturated rings. The van der Waals surface area contributed by atoms with Crippen molar-refractivity contribution in [2.75, 3.05) is 13.2 Å². The Morgan fingerprint density at radius 3 is 2.27 bits per heavy atom. The summed E-state index contributed by atoms with van der Waals surface area (Å²) in [4.78, 5) is 46.9. The molecule has 0 bridgehead atoms. The number of hydrogen-bond acceptors (Lipinski definition) is 8. The van der Waals surface area contributed by atoms with Gasteiger partial charge in [-0.25, -0.2) is 9.59 Å². The molecule has 1 aromatic carbocycles. The lowest BCUT2D eigenvalue weighted by Gasteiger charge is -2.16. The lowest BCUT2D eigenvalue weighted by atomic mass is 10.2. The molecule has 0 aliphatic carbocycles. The van der Waals surface area contributed by atoms with E-state index >= 15 is 0 Å². The fourth-order valence-corrected chi connectivity index (χ4v) is 3.19. The molecule has 0 spiro atoms. The number of esters is 2. The van der Waals surface area contributed by atoms with Gasteiger partial charge in [0.2, 0.25) is 6.04 Å². The number of benzene rings is 1. The molecule has 0 saturated carbocycles. The highest BCUT2D eigenvalue weighted by Gasteiger charge is 2.34. The molecule has 140 valence electrons. The molecule has 1 heterocycles. The van der Waals surface area contributed by atoms with Crippen molar-refractivity contribution in [1.29, 1.82) is 0 Å². The standard InChI is InChI=1S/C16H18N2O7S/c1-3-7-24-14(19)13(15(20)25-8-4-2)17-11-6-5-10(18(22)23)9-12(11)26-16(17)21/h5-6,9,13H,3-4,7-8H2,1-2H3. The molecule has 0 radical (unpaired) electrons. The summed E-state index contributed by atoms with van der Waals surface area (Å²) in [5, 5.41) is 10.9. The van der Waals surface area contributed by atoms with Crippen LogP contribution in [0.2, 0.25) is 0 Å². The summed E-state index contributed by atoms with van der Waals surface area (Å²) in [7, 11) is 0. The fourth-order valence-electron chi connectivity index (χ4n) is 2.25. The molecule has 2 rings (SSSR count). The van der Waals surface area contributed by atoms with Crippen molar-refractivity contribution in [3.8, 4) is 0 Å². The third kappa shape index (κ3) is 4.07. The Morgan fingerprint density at radius 2 is 1.77 bits per heavy atom. The number of hydrogen-bond donors (Lipinski definition) is 0. The van der Waals surface area contributed by atoms with Crippen LogP contribution in [-0.2, 0) is 19.1 Å². The van der Waals surface area contributed by atoms with Gasteiger partial charge in [0.25, 0.3) is 5.69 Å². The van der Waals surface area contributed by atoms with Gasteiger partial charge in [0.15, 0.2) is 0 Å². The second kappa shape index (κ2) is 8.56. The van der Waals surface area contributed by atoms with E-state index in [-0.39, 0.29) is 24.4 Å². The van der Waals surface area contributed by atoms with E-state index in [1.54, 1.807) is 13.8 Å². The van der Waals surface area contributed by atoms with Crippen LogP contribution in [-0.4, -0.2) is 34.6 Å². The van der Waals surface area contributed by atoms with Crippen molar-refractivity contribution in [3.05, 3.63) is 38.0 Å². The number of nitro groups is 1. The van der Waals surface area contributed by atoms with Crippen LogP contribution in [0.1, 0.15) is 32.7 Å². The number of ether oxygens (including phenoxy) is 2. The van der Waals surface area contributed by atoms with Crippen LogP contribution in [0.15, 0.2) is 23.0 Å². The van der Waals surface area contributed by atoms with Crippen molar-refractivity contribution >= 4 is 39.2 Å². The maximum Gasteiger partial charge on any atom is 0.341 e. The number of non-ortho nitro benzene ring substituents is 1. The number of carbonyl (C=O) groups is 2. The van der Waals surface area contributed by atoms with E-state index in [9.17, 15) is 24.5 Å². The zero-order valence-electron chi connectivity index (χ0n) is 14.3. The van der Waals surface area contributed by atoms with Crippen molar-refractivity contribution < 1.29 is 24.0 Å². The van der Waals surface area contributed by atoms with Gasteiger partial charge in [0.1, 0.15) is 0 Å². The topological polar surface area (TPSA) is 118 Å². The van der Waals surface area contributed by atoms with Gasteiger partial charge < -0.3 is 9.47 Å². The van der Waals surface area contributed by atoms with Crippen LogP contribution < -0.4 is 4.87 Å². The van der Waals surface area contributed by atoms with Gasteiger partial charge >= 0.3 is 16.8 Å². The third-order valence-electron chi connectivity index (χ3n) is 3.41. The number of thiazole rings is 1. The second-order valence-electron chi connectivity index (χ2n) is 5.38. The maximum atomic E-state index is 12.4. The molecule has 2 aromatic rings. The second-order valence-corrected chi connectivity index (χ2v) is 6.38. The zero-order chi connectivity index (χ0) is 19.3. The summed E-state index contributed by atoms with van der Waals surface area (Å²) in [5.41, 5.74) is 0.0436. The minimum absolute atomic E-state index is 0.0959. The normalized spacial score (nSPS) is 10.9. The first-order valence-corrected chi connectivity index (χ1v) is 8.85. The first-order chi connectivity index (χ1) is 12.4. The average molecular weight is 382 g/mol. The third-order valence-corrected chi connectivity index (χ3v) is 4.33. The van der Waals surface area contributed by atoms with Crippen molar-refractivity contribution in [2.45, 2.75) is 32.7 Å². The number of nitro benzene ring substituents is 1. The van der Waals surface area contributed by atoms with Crippen molar-refractivity contribution in [3.63, 3.8) is 0 Å². The molecule has 9 nitrogen and oxygen atoms in total. The minimum atomic E-state index is -1.59. The van der Waals surface area contributed by atoms with Gasteiger partial charge in [-0.1, -0.05) is 25.2 Å². The summed E-state index contributed by atoms with van der Waals surface area (Å²) >= 11 is 0.709. The highest BCUT2D eigenvalue weighted by atomic mass is 32.1. The van der Waals surface area contributed by atoms with E-state index in [0.29, 0.717) is 28.9 Å². The average Bonchev–Trinajstić information content (AvgIpc) is 2.93. The van der Waals surface area contributed by atoms with Crippen LogP contribution >= 0.6 is 11.3 Å². The Hall–Kier alpha value is -2.75. The van der Waals surface area contributed by atoms with Crippen LogP contribution in [0.3, 0.4) is 0 Å². The predicted molar refractivity (Wildman–Crippen MR) is 94.3 cm³/mol. The van der Waals surface area contributed by atoms with Crippen LogP contribution in [0.25, 0.3) is 10.2 Å². The molecule has 10 heteroatoms. The Morgan fingerprint density at radius 1 is 1.19 bits per heavy atom. The molecule has 0 aliphatic heterocycles. The summed E-state index contributed by atoms with van der Waals surface area (Å²) in [5.74, 6) is -1.79. The largest absolute Gasteiger partial charge is 0.464 e. The molecule has 0 N–H and O–H groups in total. The first-order valence-electron chi connectivity index (χ1n) is 8.03. The number of nitrogens with zero attached hydrogens (tertiary/aromatic N) is 2. The molecular formula is C16H18N2O7S. The Balaban J connectivity index is 2.54. The molecule has 0 amide bonds. The zero-order valence-corrected chi connectivity index (χ0v) is 15.1. The summed E-state index contributed by atoms with van der Waals surface area (Å²) in [6.45, 7) is 3.78. The van der Waals surface area contributed by atoms with Crippen LogP contribution in [0.5, 0.6) is 0 Å². The van der Waals surface area contributed by atoms with E-state index in [1.807, 2.05) is 0 Å². The number of aromatic nitrogens is 1. The van der Waals surface area contributed by atoms with Crippen molar-refractivity contribution in [1.82, 2.24) is 4.57 Å². The monoisotopic (exact) mass is 382 g/mol. The van der Waals surface area contributed by atoms with Crippen LogP contribution in [0, 0.1) is 10.1 Å². The summed E-state index contributed by atoms with van der Waals surface area (Å²) < 4.78 is 11.3. The predicted octanol–water partition coefficient (Wildman–Crippen LogP) is 2.42. The summed E-state index contributed by atoms with van der Waals surface area (Å²) in [6, 6.07) is 2.18. The quantitative estimate of drug-likeness (QED) is 0.298. The summed E-state index contributed by atoms with van der Waals surface area (Å²) in [6.07, 6.45) is 1.10. The lowest BCUT2D eigenvalue weighted by molar-refractivity contribution is -0.384. The molecule has 1 aromatic heterocycles. The Labute approximate surface area is 152 Å². The highest BCUT2D eigenvalue weighted by Crippen LogP contribution is 2.26. The van der Waals surface area contributed by atoms with E-state index in [4.69, 9.17) is 9.47 Å². The molecule has 0 aliphatic rings. The van der Waals surface area contributed by atoms with Crippen LogP contribution in [0.4, 0.5) is 5.69 Å². The van der Waals surface area contributed by atoms with Gasteiger partial charge in [-0.05, 0) is 18.9 Å². The maximum absolute atomic E-state index is 12.4.